The predicted octanol–water partition coefficient (Wildman–Crippen LogP) is 1.67. The molecule has 1 aliphatic heterocycles. The summed E-state index contributed by atoms with van der Waals surface area (Å²) < 4.78 is 5.31. The highest BCUT2D eigenvalue weighted by Crippen LogP contribution is 2.38. The summed E-state index contributed by atoms with van der Waals surface area (Å²) in [6.45, 7) is 1.85. The van der Waals surface area contributed by atoms with E-state index in [2.05, 4.69) is 37.1 Å². The molecule has 1 saturated carbocycles. The number of aromatic nitrogens is 3. The minimum atomic E-state index is 0.415. The summed E-state index contributed by atoms with van der Waals surface area (Å²) in [6, 6.07) is 5.29. The van der Waals surface area contributed by atoms with E-state index in [4.69, 9.17) is 4.42 Å². The number of anilines is 2. The minimum absolute atomic E-state index is 0.415. The summed E-state index contributed by atoms with van der Waals surface area (Å²) in [5, 5.41) is 8.66. The van der Waals surface area contributed by atoms with E-state index in [0.29, 0.717) is 18.0 Å². The molecule has 3 heterocycles. The van der Waals surface area contributed by atoms with Gasteiger partial charge in [-0.2, -0.15) is 5.10 Å². The summed E-state index contributed by atoms with van der Waals surface area (Å²) in [4.78, 5) is 8.47. The highest BCUT2D eigenvalue weighted by Gasteiger charge is 2.33. The van der Waals surface area contributed by atoms with Crippen molar-refractivity contribution in [2.24, 2.45) is 0 Å². The van der Waals surface area contributed by atoms with Crippen LogP contribution >= 0.6 is 0 Å². The van der Waals surface area contributed by atoms with Crippen LogP contribution in [0, 0.1) is 0 Å². The topological polar surface area (TPSA) is 58.3 Å². The first-order chi connectivity index (χ1) is 9.81. The number of oxazole rings is 1. The van der Waals surface area contributed by atoms with E-state index >= 15 is 0 Å². The molecule has 2 aliphatic rings. The van der Waals surface area contributed by atoms with Gasteiger partial charge < -0.3 is 14.2 Å². The second-order valence-corrected chi connectivity index (χ2v) is 5.58. The number of likely N-dealkylation sites (N-methyl/N-ethyl adjacent to an activating group) is 1. The van der Waals surface area contributed by atoms with Crippen molar-refractivity contribution >= 4 is 11.8 Å². The fraction of sp³-hybridized carbons (Fsp3) is 0.500. The van der Waals surface area contributed by atoms with Crippen LogP contribution < -0.4 is 9.80 Å². The molecule has 1 aliphatic carbocycles. The Bertz CT molecular complexity index is 572. The SMILES string of the molecule is CN(c1ncco1)C1CN(c2ccc(C3CC3)nn2)C1. The maximum absolute atomic E-state index is 5.31. The highest BCUT2D eigenvalue weighted by molar-refractivity contribution is 5.45. The molecule has 0 atom stereocenters. The van der Waals surface area contributed by atoms with Crippen molar-refractivity contribution in [3.05, 3.63) is 30.3 Å². The first-order valence-electron chi connectivity index (χ1n) is 7.02. The molecular weight excluding hydrogens is 254 g/mol. The van der Waals surface area contributed by atoms with Crippen molar-refractivity contribution in [1.29, 1.82) is 0 Å². The van der Waals surface area contributed by atoms with Gasteiger partial charge in [-0.3, -0.25) is 0 Å². The maximum atomic E-state index is 5.31. The van der Waals surface area contributed by atoms with Gasteiger partial charge in [-0.15, -0.1) is 5.10 Å². The van der Waals surface area contributed by atoms with Gasteiger partial charge in [-0.1, -0.05) is 0 Å². The molecule has 0 radical (unpaired) electrons. The fourth-order valence-electron chi connectivity index (χ4n) is 2.53. The fourth-order valence-corrected chi connectivity index (χ4v) is 2.53. The Morgan fingerprint density at radius 2 is 2.10 bits per heavy atom. The third-order valence-electron chi connectivity index (χ3n) is 4.12. The lowest BCUT2D eigenvalue weighted by Crippen LogP contribution is -2.59. The molecule has 2 aromatic heterocycles. The van der Waals surface area contributed by atoms with E-state index in [-0.39, 0.29) is 0 Å². The minimum Gasteiger partial charge on any atom is -0.432 e. The molecule has 0 N–H and O–H groups in total. The highest BCUT2D eigenvalue weighted by atomic mass is 16.4. The molecule has 4 rings (SSSR count). The van der Waals surface area contributed by atoms with Crippen LogP contribution in [-0.4, -0.2) is 41.4 Å². The van der Waals surface area contributed by atoms with Crippen molar-refractivity contribution < 1.29 is 4.42 Å². The summed E-state index contributed by atoms with van der Waals surface area (Å²) in [5.41, 5.74) is 1.14. The molecule has 2 aromatic rings. The quantitative estimate of drug-likeness (QED) is 0.843. The summed E-state index contributed by atoms with van der Waals surface area (Å²) >= 11 is 0. The summed E-state index contributed by atoms with van der Waals surface area (Å²) in [5.74, 6) is 1.63. The van der Waals surface area contributed by atoms with Crippen LogP contribution in [0.2, 0.25) is 0 Å². The lowest BCUT2D eigenvalue weighted by atomic mass is 10.1. The molecule has 0 aromatic carbocycles. The van der Waals surface area contributed by atoms with Gasteiger partial charge in [-0.25, -0.2) is 4.98 Å². The Kier molecular flexibility index (Phi) is 2.61. The van der Waals surface area contributed by atoms with Crippen LogP contribution in [0.1, 0.15) is 24.5 Å². The first-order valence-corrected chi connectivity index (χ1v) is 7.02. The van der Waals surface area contributed by atoms with Crippen molar-refractivity contribution in [1.82, 2.24) is 15.2 Å². The van der Waals surface area contributed by atoms with E-state index in [1.165, 1.54) is 12.8 Å². The molecule has 2 fully saturated rings. The third-order valence-corrected chi connectivity index (χ3v) is 4.12. The number of hydrogen-bond donors (Lipinski definition) is 0. The zero-order valence-electron chi connectivity index (χ0n) is 11.4. The Balaban J connectivity index is 1.38. The Morgan fingerprint density at radius 3 is 2.70 bits per heavy atom. The third kappa shape index (κ3) is 2.01. The Hall–Kier alpha value is -2.11. The van der Waals surface area contributed by atoms with Crippen molar-refractivity contribution in [3.8, 4) is 0 Å². The van der Waals surface area contributed by atoms with Gasteiger partial charge in [0, 0.05) is 26.1 Å². The molecule has 6 heteroatoms. The van der Waals surface area contributed by atoms with E-state index in [0.717, 1.165) is 24.6 Å². The van der Waals surface area contributed by atoms with Crippen LogP contribution in [0.5, 0.6) is 0 Å². The molecule has 0 amide bonds. The molecule has 0 bridgehead atoms. The second-order valence-electron chi connectivity index (χ2n) is 5.58. The molecule has 0 spiro atoms. The monoisotopic (exact) mass is 271 g/mol. The van der Waals surface area contributed by atoms with Gasteiger partial charge in [0.25, 0.3) is 6.01 Å². The van der Waals surface area contributed by atoms with Gasteiger partial charge in [-0.05, 0) is 25.0 Å². The second kappa shape index (κ2) is 4.47. The average molecular weight is 271 g/mol. The van der Waals surface area contributed by atoms with Gasteiger partial charge in [0.1, 0.15) is 6.26 Å². The largest absolute Gasteiger partial charge is 0.432 e. The first kappa shape index (κ1) is 11.7. The van der Waals surface area contributed by atoms with E-state index in [1.54, 1.807) is 12.5 Å². The van der Waals surface area contributed by atoms with E-state index < -0.39 is 0 Å². The Labute approximate surface area is 117 Å². The molecule has 104 valence electrons. The zero-order chi connectivity index (χ0) is 13.5. The predicted molar refractivity (Wildman–Crippen MR) is 74.9 cm³/mol. The molecule has 6 nitrogen and oxygen atoms in total. The summed E-state index contributed by atoms with van der Waals surface area (Å²) in [7, 11) is 2.01. The van der Waals surface area contributed by atoms with Crippen molar-refractivity contribution in [2.75, 3.05) is 29.9 Å². The van der Waals surface area contributed by atoms with E-state index in [9.17, 15) is 0 Å². The van der Waals surface area contributed by atoms with Crippen LogP contribution in [-0.2, 0) is 0 Å². The molecule has 20 heavy (non-hydrogen) atoms. The van der Waals surface area contributed by atoms with Gasteiger partial charge in [0.15, 0.2) is 5.82 Å². The number of rotatable bonds is 4. The van der Waals surface area contributed by atoms with Gasteiger partial charge >= 0.3 is 0 Å². The van der Waals surface area contributed by atoms with Gasteiger partial charge in [0.2, 0.25) is 0 Å². The van der Waals surface area contributed by atoms with Crippen LogP contribution in [0.4, 0.5) is 11.8 Å². The molecule has 1 saturated heterocycles. The average Bonchev–Trinajstić information content (AvgIpc) is 3.12. The van der Waals surface area contributed by atoms with Crippen LogP contribution in [0.3, 0.4) is 0 Å². The number of nitrogens with zero attached hydrogens (tertiary/aromatic N) is 5. The maximum Gasteiger partial charge on any atom is 0.297 e. The molecule has 0 unspecified atom stereocenters. The van der Waals surface area contributed by atoms with E-state index in [1.807, 2.05) is 7.05 Å². The summed E-state index contributed by atoms with van der Waals surface area (Å²) in [6.07, 6.45) is 5.80. The van der Waals surface area contributed by atoms with Crippen LogP contribution in [0.15, 0.2) is 29.0 Å². The van der Waals surface area contributed by atoms with Crippen LogP contribution in [0.25, 0.3) is 0 Å². The lowest BCUT2D eigenvalue weighted by Gasteiger charge is -2.43. The van der Waals surface area contributed by atoms with Crippen molar-refractivity contribution in [2.45, 2.75) is 24.8 Å². The lowest BCUT2D eigenvalue weighted by molar-refractivity contribution is 0.448. The Morgan fingerprint density at radius 1 is 1.25 bits per heavy atom. The smallest absolute Gasteiger partial charge is 0.297 e. The normalized spacial score (nSPS) is 18.9. The van der Waals surface area contributed by atoms with Crippen molar-refractivity contribution in [3.63, 3.8) is 0 Å². The number of hydrogen-bond acceptors (Lipinski definition) is 6. The van der Waals surface area contributed by atoms with Gasteiger partial charge in [0.05, 0.1) is 17.9 Å². The zero-order valence-corrected chi connectivity index (χ0v) is 11.4. The standard InChI is InChI=1S/C14H17N5O/c1-18(14-15-6-7-20-14)11-8-19(9-11)13-5-4-12(16-17-13)10-2-3-10/h4-7,10-11H,2-3,8-9H2,1H3. The molecular formula is C14H17N5O.